The van der Waals surface area contributed by atoms with Crippen molar-refractivity contribution in [2.45, 2.75) is 56.3 Å². The molecule has 0 saturated carbocycles. The number of rotatable bonds is 18. The van der Waals surface area contributed by atoms with E-state index in [9.17, 15) is 0 Å². The van der Waals surface area contributed by atoms with Crippen LogP contribution in [0.3, 0.4) is 0 Å². The summed E-state index contributed by atoms with van der Waals surface area (Å²) in [5.41, 5.74) is 3.87. The lowest BCUT2D eigenvalue weighted by molar-refractivity contribution is 0.177. The van der Waals surface area contributed by atoms with Crippen molar-refractivity contribution in [2.75, 3.05) is 17.3 Å². The molecule has 1 aromatic heterocycles. The minimum atomic E-state index is -0.0977. The second-order valence-electron chi connectivity index (χ2n) is 9.97. The van der Waals surface area contributed by atoms with Crippen LogP contribution in [-0.2, 0) is 17.3 Å². The Morgan fingerprint density at radius 3 is 0.976 bits per heavy atom. The van der Waals surface area contributed by atoms with E-state index in [0.717, 1.165) is 34.5 Å². The zero-order valence-corrected chi connectivity index (χ0v) is 26.9. The van der Waals surface area contributed by atoms with Gasteiger partial charge in [0, 0.05) is 34.5 Å². The molecule has 6 nitrogen and oxygen atoms in total. The topological polar surface area (TPSA) is 66.4 Å². The third-order valence-corrected chi connectivity index (χ3v) is 9.61. The number of benzene rings is 3. The molecule has 0 aliphatic carbocycles. The quantitative estimate of drug-likeness (QED) is 0.110. The van der Waals surface area contributed by atoms with Crippen LogP contribution in [0.2, 0.25) is 0 Å². The maximum atomic E-state index is 6.12. The largest absolute Gasteiger partial charge is 0.459 e. The number of ether oxygens (including phenoxy) is 3. The Labute approximate surface area is 262 Å². The molecular weight excluding hydrogens is 583 g/mol. The molecule has 0 radical (unpaired) electrons. The molecule has 1 heterocycles. The fourth-order valence-corrected chi connectivity index (χ4v) is 6.71. The van der Waals surface area contributed by atoms with Crippen LogP contribution in [0, 0.1) is 0 Å². The first-order chi connectivity index (χ1) is 20.5. The third kappa shape index (κ3) is 12.2. The maximum absolute atomic E-state index is 6.12. The highest BCUT2D eigenvalue weighted by molar-refractivity contribution is 7.99. The monoisotopic (exact) mass is 621 g/mol. The van der Waals surface area contributed by atoms with Gasteiger partial charge in [0.25, 0.3) is 0 Å². The maximum Gasteiger partial charge on any atom is 0.326 e. The lowest BCUT2D eigenvalue weighted by Crippen LogP contribution is -2.21. The van der Waals surface area contributed by atoms with E-state index in [4.69, 9.17) is 14.2 Å². The normalized spacial score (nSPS) is 13.2. The van der Waals surface area contributed by atoms with E-state index in [-0.39, 0.29) is 36.3 Å². The van der Waals surface area contributed by atoms with Gasteiger partial charge >= 0.3 is 18.0 Å². The second-order valence-corrected chi connectivity index (χ2v) is 13.1. The Morgan fingerprint density at radius 1 is 0.452 bits per heavy atom. The summed E-state index contributed by atoms with van der Waals surface area (Å²) in [6, 6.07) is 31.9. The average Bonchev–Trinajstić information content (AvgIpc) is 2.98. The van der Waals surface area contributed by atoms with E-state index in [1.165, 1.54) is 16.7 Å². The smallest absolute Gasteiger partial charge is 0.326 e. The third-order valence-electron chi connectivity index (χ3n) is 5.89. The number of thioether (sulfide) groups is 3. The predicted molar refractivity (Wildman–Crippen MR) is 178 cm³/mol. The van der Waals surface area contributed by atoms with Gasteiger partial charge < -0.3 is 14.2 Å². The molecule has 3 atom stereocenters. The van der Waals surface area contributed by atoms with Crippen molar-refractivity contribution < 1.29 is 14.2 Å². The van der Waals surface area contributed by atoms with Crippen molar-refractivity contribution in [3.8, 4) is 18.0 Å². The highest BCUT2D eigenvalue weighted by Gasteiger charge is 2.17. The molecule has 9 heteroatoms. The zero-order chi connectivity index (χ0) is 29.4. The van der Waals surface area contributed by atoms with E-state index < -0.39 is 0 Å². The van der Waals surface area contributed by atoms with E-state index in [1.807, 2.05) is 74.3 Å². The Balaban J connectivity index is 1.33. The summed E-state index contributed by atoms with van der Waals surface area (Å²) in [7, 11) is 0. The lowest BCUT2D eigenvalue weighted by Gasteiger charge is -2.18. The van der Waals surface area contributed by atoms with Gasteiger partial charge in [0.2, 0.25) is 0 Å². The van der Waals surface area contributed by atoms with Gasteiger partial charge in [-0.2, -0.15) is 35.3 Å². The van der Waals surface area contributed by atoms with Crippen LogP contribution in [0.15, 0.2) is 91.0 Å². The molecule has 0 saturated heterocycles. The van der Waals surface area contributed by atoms with Crippen molar-refractivity contribution in [3.05, 3.63) is 108 Å². The van der Waals surface area contributed by atoms with Crippen LogP contribution < -0.4 is 14.2 Å². The predicted octanol–water partition coefficient (Wildman–Crippen LogP) is 7.97. The van der Waals surface area contributed by atoms with Gasteiger partial charge in [0.15, 0.2) is 0 Å². The van der Waals surface area contributed by atoms with E-state index in [0.29, 0.717) is 0 Å². The van der Waals surface area contributed by atoms with Crippen molar-refractivity contribution in [1.82, 2.24) is 15.0 Å². The summed E-state index contributed by atoms with van der Waals surface area (Å²) in [4.78, 5) is 13.5. The summed E-state index contributed by atoms with van der Waals surface area (Å²) in [5, 5.41) is 0. The van der Waals surface area contributed by atoms with Crippen molar-refractivity contribution in [1.29, 1.82) is 0 Å². The van der Waals surface area contributed by atoms with Crippen molar-refractivity contribution in [3.63, 3.8) is 0 Å². The summed E-state index contributed by atoms with van der Waals surface area (Å²) in [6.07, 6.45) is -0.293. The van der Waals surface area contributed by atoms with Crippen molar-refractivity contribution in [2.24, 2.45) is 0 Å². The van der Waals surface area contributed by atoms with Crippen LogP contribution in [-0.4, -0.2) is 50.5 Å². The highest BCUT2D eigenvalue weighted by Crippen LogP contribution is 2.22. The SMILES string of the molecule is CC(CSCc1ccccc1)Oc1nc(OC(C)CSCc2ccccc2)nc(OC(C)CSCc2ccccc2)n1. The molecule has 222 valence electrons. The molecule has 42 heavy (non-hydrogen) atoms. The summed E-state index contributed by atoms with van der Waals surface area (Å²) in [5.74, 6) is 5.16. The minimum Gasteiger partial charge on any atom is -0.459 e. The van der Waals surface area contributed by atoms with E-state index in [1.54, 1.807) is 0 Å². The summed E-state index contributed by atoms with van der Waals surface area (Å²) in [6.45, 7) is 6.07. The average molecular weight is 622 g/mol. The Kier molecular flexibility index (Phi) is 13.7. The summed E-state index contributed by atoms with van der Waals surface area (Å²) >= 11 is 5.44. The first-order valence-corrected chi connectivity index (χ1v) is 17.6. The number of hydrogen-bond acceptors (Lipinski definition) is 9. The van der Waals surface area contributed by atoms with Crippen LogP contribution >= 0.6 is 35.3 Å². The van der Waals surface area contributed by atoms with E-state index in [2.05, 4.69) is 87.7 Å². The number of aromatic nitrogens is 3. The number of hydrogen-bond donors (Lipinski definition) is 0. The molecule has 0 bridgehead atoms. The fourth-order valence-electron chi connectivity index (χ4n) is 3.87. The molecular formula is C33H39N3O3S3. The molecule has 4 rings (SSSR count). The molecule has 4 aromatic rings. The Hall–Kier alpha value is -2.88. The van der Waals surface area contributed by atoms with Gasteiger partial charge in [0.1, 0.15) is 18.3 Å². The molecule has 0 fully saturated rings. The summed E-state index contributed by atoms with van der Waals surface area (Å²) < 4.78 is 18.4. The van der Waals surface area contributed by atoms with Crippen LogP contribution in [0.1, 0.15) is 37.5 Å². The highest BCUT2D eigenvalue weighted by atomic mass is 32.2. The zero-order valence-electron chi connectivity index (χ0n) is 24.4. The Morgan fingerprint density at radius 2 is 0.714 bits per heavy atom. The van der Waals surface area contributed by atoms with Gasteiger partial charge in [-0.25, -0.2) is 0 Å². The van der Waals surface area contributed by atoms with Gasteiger partial charge in [-0.3, -0.25) is 0 Å². The molecule has 0 amide bonds. The van der Waals surface area contributed by atoms with Crippen LogP contribution in [0.25, 0.3) is 0 Å². The molecule has 3 aromatic carbocycles. The first kappa shape index (κ1) is 32.0. The van der Waals surface area contributed by atoms with Gasteiger partial charge in [-0.05, 0) is 37.5 Å². The second kappa shape index (κ2) is 17.9. The standard InChI is InChI=1S/C33H39N3O3S3/c1-25(19-40-22-28-13-7-4-8-14-28)37-31-34-32(38-26(2)20-41-23-29-15-9-5-10-16-29)36-33(35-31)39-27(3)21-42-24-30-17-11-6-12-18-30/h4-18,25-27H,19-24H2,1-3H3. The Bertz CT molecular complexity index is 1130. The molecule has 0 aliphatic rings. The minimum absolute atomic E-state index is 0.0977. The molecule has 0 N–H and O–H groups in total. The lowest BCUT2D eigenvalue weighted by atomic mass is 10.2. The van der Waals surface area contributed by atoms with Crippen LogP contribution in [0.5, 0.6) is 18.0 Å². The molecule has 0 aliphatic heterocycles. The fraction of sp³-hybridized carbons (Fsp3) is 0.364. The molecule has 3 unspecified atom stereocenters. The first-order valence-electron chi connectivity index (χ1n) is 14.1. The van der Waals surface area contributed by atoms with E-state index >= 15 is 0 Å². The van der Waals surface area contributed by atoms with Gasteiger partial charge in [-0.1, -0.05) is 91.0 Å². The van der Waals surface area contributed by atoms with Crippen molar-refractivity contribution >= 4 is 35.3 Å². The molecule has 0 spiro atoms. The van der Waals surface area contributed by atoms with Gasteiger partial charge in [-0.15, -0.1) is 15.0 Å². The van der Waals surface area contributed by atoms with Crippen LogP contribution in [0.4, 0.5) is 0 Å². The van der Waals surface area contributed by atoms with Gasteiger partial charge in [0.05, 0.1) is 0 Å². The number of nitrogens with zero attached hydrogens (tertiary/aromatic N) is 3.